The van der Waals surface area contributed by atoms with E-state index in [1.54, 1.807) is 6.20 Å². The Labute approximate surface area is 83.5 Å². The highest BCUT2D eigenvalue weighted by molar-refractivity contribution is 7.86. The van der Waals surface area contributed by atoms with Crippen molar-refractivity contribution in [1.29, 1.82) is 0 Å². The van der Waals surface area contributed by atoms with Gasteiger partial charge in [0.25, 0.3) is 15.9 Å². The highest BCUT2D eigenvalue weighted by Gasteiger charge is 2.19. The maximum atomic E-state index is 10.7. The molecule has 1 rings (SSSR count). The summed E-state index contributed by atoms with van der Waals surface area (Å²) in [5.74, 6) is 0.945. The van der Waals surface area contributed by atoms with Crippen LogP contribution in [0, 0.1) is 0 Å². The normalized spacial score (nSPS) is 14.2. The molecule has 1 atom stereocenters. The Kier molecular flexibility index (Phi) is 3.28. The van der Waals surface area contributed by atoms with Gasteiger partial charge in [-0.3, -0.25) is 4.55 Å². The zero-order valence-corrected chi connectivity index (χ0v) is 9.08. The Morgan fingerprint density at radius 1 is 1.64 bits per heavy atom. The van der Waals surface area contributed by atoms with E-state index in [0.717, 1.165) is 5.82 Å². The Morgan fingerprint density at radius 2 is 2.29 bits per heavy atom. The molecule has 5 nitrogen and oxygen atoms in total. The van der Waals surface area contributed by atoms with Crippen LogP contribution in [0.25, 0.3) is 0 Å². The predicted octanol–water partition coefficient (Wildman–Crippen LogP) is 0.0481. The Balaban J connectivity index is 2.54. The molecule has 2 N–H and O–H groups in total. The molecule has 0 radical (unpaired) electrons. The molecule has 14 heavy (non-hydrogen) atoms. The van der Waals surface area contributed by atoms with Crippen LogP contribution in [0.4, 0.5) is 0 Å². The minimum absolute atomic E-state index is 0.410. The van der Waals surface area contributed by atoms with Crippen LogP contribution in [0.5, 0.6) is 0 Å². The van der Waals surface area contributed by atoms with Crippen molar-refractivity contribution in [3.8, 4) is 0 Å². The number of nitrogens with zero attached hydrogens (tertiary/aromatic N) is 1. The van der Waals surface area contributed by atoms with Gasteiger partial charge in [0.2, 0.25) is 0 Å². The number of aryl methyl sites for hydroxylation is 2. The summed E-state index contributed by atoms with van der Waals surface area (Å²) in [6.45, 7) is 1.50. The quantitative estimate of drug-likeness (QED) is 0.555. The number of H-pyrrole nitrogens is 1. The molecule has 1 aromatic rings. The van der Waals surface area contributed by atoms with Crippen LogP contribution in [0.15, 0.2) is 12.4 Å². The van der Waals surface area contributed by atoms with Gasteiger partial charge in [0.1, 0.15) is 12.4 Å². The third-order valence-corrected chi connectivity index (χ3v) is 3.52. The summed E-state index contributed by atoms with van der Waals surface area (Å²) < 4.78 is 32.1. The number of hydrogen-bond donors (Lipinski definition) is 2. The van der Waals surface area contributed by atoms with Gasteiger partial charge in [0, 0.05) is 0 Å². The molecule has 80 valence electrons. The first kappa shape index (κ1) is 11.2. The first-order valence-corrected chi connectivity index (χ1v) is 5.90. The van der Waals surface area contributed by atoms with E-state index in [2.05, 4.69) is 4.98 Å². The fourth-order valence-corrected chi connectivity index (χ4v) is 1.59. The van der Waals surface area contributed by atoms with Gasteiger partial charge in [-0.25, -0.2) is 9.55 Å². The fraction of sp³-hybridized carbons (Fsp3) is 0.625. The van der Waals surface area contributed by atoms with Gasteiger partial charge in [-0.2, -0.15) is 8.42 Å². The summed E-state index contributed by atoms with van der Waals surface area (Å²) >= 11 is 0. The highest BCUT2D eigenvalue weighted by atomic mass is 32.2. The first-order valence-electron chi connectivity index (χ1n) is 4.39. The molecular formula is C8H15N2O3S+. The molecule has 0 saturated carbocycles. The van der Waals surface area contributed by atoms with Crippen molar-refractivity contribution in [3.63, 3.8) is 0 Å². The molecule has 0 aliphatic heterocycles. The van der Waals surface area contributed by atoms with Gasteiger partial charge in [0.05, 0.1) is 18.7 Å². The average Bonchev–Trinajstić information content (AvgIpc) is 2.45. The van der Waals surface area contributed by atoms with Crippen molar-refractivity contribution in [3.05, 3.63) is 18.2 Å². The van der Waals surface area contributed by atoms with E-state index in [-0.39, 0.29) is 0 Å². The zero-order valence-electron chi connectivity index (χ0n) is 8.27. The van der Waals surface area contributed by atoms with Crippen LogP contribution < -0.4 is 4.57 Å². The summed E-state index contributed by atoms with van der Waals surface area (Å²) in [6, 6.07) is 0. The second kappa shape index (κ2) is 4.10. The zero-order chi connectivity index (χ0) is 10.8. The molecule has 0 aliphatic rings. The van der Waals surface area contributed by atoms with E-state index in [1.807, 2.05) is 17.8 Å². The van der Waals surface area contributed by atoms with Gasteiger partial charge < -0.3 is 0 Å². The monoisotopic (exact) mass is 219 g/mol. The van der Waals surface area contributed by atoms with Crippen molar-refractivity contribution in [2.45, 2.75) is 25.0 Å². The summed E-state index contributed by atoms with van der Waals surface area (Å²) in [5, 5.41) is -0.717. The molecule has 1 aromatic heterocycles. The highest BCUT2D eigenvalue weighted by Crippen LogP contribution is 2.05. The second-order valence-electron chi connectivity index (χ2n) is 3.38. The number of aromatic nitrogens is 2. The van der Waals surface area contributed by atoms with Crippen molar-refractivity contribution in [2.75, 3.05) is 0 Å². The lowest BCUT2D eigenvalue weighted by molar-refractivity contribution is -0.677. The van der Waals surface area contributed by atoms with Crippen molar-refractivity contribution in [2.24, 2.45) is 7.05 Å². The Bertz CT molecular complexity index is 396. The number of imidazole rings is 1. The van der Waals surface area contributed by atoms with Crippen LogP contribution in [0.2, 0.25) is 0 Å². The molecule has 0 fully saturated rings. The lowest BCUT2D eigenvalue weighted by Crippen LogP contribution is -2.31. The van der Waals surface area contributed by atoms with Crippen LogP contribution >= 0.6 is 0 Å². The smallest absolute Gasteiger partial charge is 0.267 e. The molecule has 0 aliphatic carbocycles. The maximum Gasteiger partial charge on any atom is 0.267 e. The fourth-order valence-electron chi connectivity index (χ4n) is 1.17. The van der Waals surface area contributed by atoms with Gasteiger partial charge in [-0.1, -0.05) is 0 Å². The van der Waals surface area contributed by atoms with Crippen LogP contribution in [0.3, 0.4) is 0 Å². The molecule has 0 aromatic carbocycles. The summed E-state index contributed by atoms with van der Waals surface area (Å²) in [4.78, 5) is 3.00. The lowest BCUT2D eigenvalue weighted by Gasteiger charge is -2.04. The predicted molar refractivity (Wildman–Crippen MR) is 51.3 cm³/mol. The van der Waals surface area contributed by atoms with E-state index >= 15 is 0 Å². The van der Waals surface area contributed by atoms with Crippen LogP contribution in [-0.4, -0.2) is 23.2 Å². The molecule has 0 bridgehead atoms. The maximum absolute atomic E-state index is 10.7. The minimum atomic E-state index is -3.89. The van der Waals surface area contributed by atoms with E-state index in [0.29, 0.717) is 12.8 Å². The standard InChI is InChI=1S/C8H14N2O3S/c1-7(14(11,12)13)3-4-8-9-5-6-10(8)2/h5-7H,3-4H2,1-2H3,(H,11,12,13)/p+1. The molecular weight excluding hydrogens is 204 g/mol. The first-order chi connectivity index (χ1) is 6.41. The van der Waals surface area contributed by atoms with E-state index in [9.17, 15) is 8.42 Å². The summed E-state index contributed by atoms with van der Waals surface area (Å²) in [7, 11) is -2.01. The van der Waals surface area contributed by atoms with E-state index in [1.165, 1.54) is 6.92 Å². The van der Waals surface area contributed by atoms with Crippen molar-refractivity contribution < 1.29 is 17.5 Å². The Morgan fingerprint density at radius 3 is 2.71 bits per heavy atom. The number of hydrogen-bond acceptors (Lipinski definition) is 2. The summed E-state index contributed by atoms with van der Waals surface area (Å²) in [6.07, 6.45) is 4.65. The van der Waals surface area contributed by atoms with Crippen LogP contribution in [-0.2, 0) is 23.6 Å². The number of aromatic amines is 1. The number of rotatable bonds is 4. The largest absolute Gasteiger partial charge is 0.285 e. The molecule has 6 heteroatoms. The van der Waals surface area contributed by atoms with Gasteiger partial charge in [-0.05, 0) is 13.3 Å². The van der Waals surface area contributed by atoms with E-state index < -0.39 is 15.4 Å². The average molecular weight is 219 g/mol. The SMILES string of the molecule is CC(CCc1[nH]cc[n+]1C)S(=O)(=O)O. The van der Waals surface area contributed by atoms with Crippen molar-refractivity contribution in [1.82, 2.24) is 4.98 Å². The lowest BCUT2D eigenvalue weighted by atomic mass is 10.2. The molecule has 1 heterocycles. The second-order valence-corrected chi connectivity index (χ2v) is 5.22. The van der Waals surface area contributed by atoms with Gasteiger partial charge >= 0.3 is 0 Å². The van der Waals surface area contributed by atoms with E-state index in [4.69, 9.17) is 4.55 Å². The van der Waals surface area contributed by atoms with Crippen molar-refractivity contribution >= 4 is 10.1 Å². The number of nitrogens with one attached hydrogen (secondary N) is 1. The third-order valence-electron chi connectivity index (χ3n) is 2.27. The van der Waals surface area contributed by atoms with Crippen LogP contribution in [0.1, 0.15) is 19.2 Å². The molecule has 0 spiro atoms. The molecule has 0 saturated heterocycles. The minimum Gasteiger partial charge on any atom is -0.285 e. The molecule has 1 unspecified atom stereocenters. The van der Waals surface area contributed by atoms with Gasteiger partial charge in [0.15, 0.2) is 0 Å². The third kappa shape index (κ3) is 2.81. The molecule has 0 amide bonds. The Hall–Kier alpha value is -0.880. The topological polar surface area (TPSA) is 74.0 Å². The van der Waals surface area contributed by atoms with Gasteiger partial charge in [-0.15, -0.1) is 0 Å². The summed E-state index contributed by atoms with van der Waals surface area (Å²) in [5.41, 5.74) is 0.